The van der Waals surface area contributed by atoms with Crippen LogP contribution in [0.5, 0.6) is 0 Å². The fourth-order valence-electron chi connectivity index (χ4n) is 1.59. The maximum Gasteiger partial charge on any atom is 0.167 e. The highest BCUT2D eigenvalue weighted by molar-refractivity contribution is 5.49. The third-order valence-corrected chi connectivity index (χ3v) is 2.33. The summed E-state index contributed by atoms with van der Waals surface area (Å²) in [5, 5.41) is 0. The van der Waals surface area contributed by atoms with E-state index in [0.29, 0.717) is 0 Å². The summed E-state index contributed by atoms with van der Waals surface area (Å²) in [6.45, 7) is 1.98. The quantitative estimate of drug-likeness (QED) is 0.712. The predicted molar refractivity (Wildman–Crippen MR) is 50.1 cm³/mol. The number of nitrogens with zero attached hydrogens (tertiary/aromatic N) is 2. The lowest BCUT2D eigenvalue weighted by Crippen LogP contribution is -2.18. The van der Waals surface area contributed by atoms with Crippen LogP contribution in [-0.4, -0.2) is 18.1 Å². The lowest BCUT2D eigenvalue weighted by Gasteiger charge is -2.16. The third-order valence-electron chi connectivity index (χ3n) is 2.33. The van der Waals surface area contributed by atoms with Gasteiger partial charge in [-0.1, -0.05) is 0 Å². The second kappa shape index (κ2) is 3.20. The minimum Gasteiger partial charge on any atom is -0.381 e. The lowest BCUT2D eigenvalue weighted by molar-refractivity contribution is 0.626. The first-order valence-electron chi connectivity index (χ1n) is 4.43. The normalized spacial score (nSPS) is 16.5. The van der Waals surface area contributed by atoms with Gasteiger partial charge >= 0.3 is 0 Å². The van der Waals surface area contributed by atoms with Crippen LogP contribution in [0.2, 0.25) is 0 Å². The largest absolute Gasteiger partial charge is 0.381 e. The summed E-state index contributed by atoms with van der Waals surface area (Å²) in [7, 11) is 0. The van der Waals surface area contributed by atoms with Crippen molar-refractivity contribution in [2.75, 3.05) is 23.7 Å². The Morgan fingerprint density at radius 3 is 2.69 bits per heavy atom. The van der Waals surface area contributed by atoms with Gasteiger partial charge in [-0.25, -0.2) is 9.37 Å². The lowest BCUT2D eigenvalue weighted by atomic mass is 10.3. The molecule has 0 aromatic carbocycles. The van der Waals surface area contributed by atoms with E-state index >= 15 is 0 Å². The van der Waals surface area contributed by atoms with Crippen molar-refractivity contribution in [2.45, 2.75) is 12.8 Å². The van der Waals surface area contributed by atoms with Gasteiger partial charge in [-0.3, -0.25) is 0 Å². The van der Waals surface area contributed by atoms with Gasteiger partial charge < -0.3 is 10.6 Å². The summed E-state index contributed by atoms with van der Waals surface area (Å²) in [6.07, 6.45) is 3.97. The highest BCUT2D eigenvalue weighted by Crippen LogP contribution is 2.21. The van der Waals surface area contributed by atoms with Crippen LogP contribution in [0.3, 0.4) is 0 Å². The Kier molecular flexibility index (Phi) is 2.04. The molecule has 2 rings (SSSR count). The van der Waals surface area contributed by atoms with Crippen LogP contribution in [0.1, 0.15) is 12.8 Å². The minimum absolute atomic E-state index is 0.0250. The van der Waals surface area contributed by atoms with Gasteiger partial charge in [0.05, 0.1) is 11.9 Å². The molecular weight excluding hydrogens is 169 g/mol. The molecule has 1 saturated heterocycles. The molecule has 0 amide bonds. The zero-order valence-electron chi connectivity index (χ0n) is 7.33. The summed E-state index contributed by atoms with van der Waals surface area (Å²) in [6, 6.07) is 1.45. The van der Waals surface area contributed by atoms with Gasteiger partial charge in [0.1, 0.15) is 0 Å². The van der Waals surface area contributed by atoms with Crippen LogP contribution in [0.25, 0.3) is 0 Å². The fraction of sp³-hybridized carbons (Fsp3) is 0.444. The molecular formula is C9H12FN3. The second-order valence-electron chi connectivity index (χ2n) is 3.25. The van der Waals surface area contributed by atoms with Crippen molar-refractivity contribution < 1.29 is 4.39 Å². The van der Waals surface area contributed by atoms with Crippen LogP contribution in [0.15, 0.2) is 12.3 Å². The van der Waals surface area contributed by atoms with Crippen LogP contribution < -0.4 is 10.6 Å². The molecule has 4 heteroatoms. The van der Waals surface area contributed by atoms with Crippen LogP contribution in [0.4, 0.5) is 15.9 Å². The van der Waals surface area contributed by atoms with E-state index in [-0.39, 0.29) is 5.82 Å². The average Bonchev–Trinajstić information content (AvgIpc) is 2.62. The average molecular weight is 181 g/mol. The van der Waals surface area contributed by atoms with Crippen molar-refractivity contribution in [2.24, 2.45) is 0 Å². The number of hydrogen-bond acceptors (Lipinski definition) is 3. The third kappa shape index (κ3) is 1.56. The molecule has 2 heterocycles. The van der Waals surface area contributed by atoms with Crippen molar-refractivity contribution >= 4 is 11.5 Å². The zero-order valence-corrected chi connectivity index (χ0v) is 7.33. The second-order valence-corrected chi connectivity index (χ2v) is 3.25. The molecule has 70 valence electrons. The minimum atomic E-state index is -0.426. The van der Waals surface area contributed by atoms with Gasteiger partial charge in [0, 0.05) is 19.2 Å². The Morgan fingerprint density at radius 1 is 1.38 bits per heavy atom. The SMILES string of the molecule is Nc1ncc(N2CCCC2)cc1F. The summed E-state index contributed by atoms with van der Waals surface area (Å²) in [4.78, 5) is 5.90. The molecule has 1 aromatic heterocycles. The van der Waals surface area contributed by atoms with E-state index in [2.05, 4.69) is 9.88 Å². The molecule has 1 fully saturated rings. The van der Waals surface area contributed by atoms with E-state index in [1.165, 1.54) is 18.9 Å². The number of pyridine rings is 1. The molecule has 0 saturated carbocycles. The highest BCUT2D eigenvalue weighted by Gasteiger charge is 2.13. The monoisotopic (exact) mass is 181 g/mol. The van der Waals surface area contributed by atoms with E-state index in [9.17, 15) is 4.39 Å². The number of hydrogen-bond donors (Lipinski definition) is 1. The van der Waals surface area contributed by atoms with E-state index in [4.69, 9.17) is 5.73 Å². The van der Waals surface area contributed by atoms with Gasteiger partial charge in [0.15, 0.2) is 11.6 Å². The molecule has 1 aliphatic heterocycles. The smallest absolute Gasteiger partial charge is 0.167 e. The summed E-state index contributed by atoms with van der Waals surface area (Å²) in [5.74, 6) is -0.452. The topological polar surface area (TPSA) is 42.1 Å². The molecule has 1 aliphatic rings. The molecule has 0 atom stereocenters. The molecule has 0 radical (unpaired) electrons. The number of halogens is 1. The maximum atomic E-state index is 13.0. The Bertz CT molecular complexity index is 308. The Labute approximate surface area is 76.4 Å². The standard InChI is InChI=1S/C9H12FN3/c10-8-5-7(6-12-9(8)11)13-3-1-2-4-13/h5-6H,1-4H2,(H2,11,12). The van der Waals surface area contributed by atoms with Crippen LogP contribution >= 0.6 is 0 Å². The first kappa shape index (κ1) is 8.29. The summed E-state index contributed by atoms with van der Waals surface area (Å²) >= 11 is 0. The molecule has 0 unspecified atom stereocenters. The number of rotatable bonds is 1. The van der Waals surface area contributed by atoms with E-state index in [1.54, 1.807) is 6.20 Å². The Morgan fingerprint density at radius 2 is 2.08 bits per heavy atom. The van der Waals surface area contributed by atoms with Crippen LogP contribution in [0, 0.1) is 5.82 Å². The van der Waals surface area contributed by atoms with Crippen molar-refractivity contribution in [1.29, 1.82) is 0 Å². The van der Waals surface area contributed by atoms with E-state index in [1.807, 2.05) is 0 Å². The summed E-state index contributed by atoms with van der Waals surface area (Å²) < 4.78 is 13.0. The number of nitrogen functional groups attached to an aromatic ring is 1. The number of nitrogens with two attached hydrogens (primary N) is 1. The fourth-order valence-corrected chi connectivity index (χ4v) is 1.59. The van der Waals surface area contributed by atoms with Crippen molar-refractivity contribution in [1.82, 2.24) is 4.98 Å². The number of anilines is 2. The predicted octanol–water partition coefficient (Wildman–Crippen LogP) is 1.40. The van der Waals surface area contributed by atoms with Crippen molar-refractivity contribution in [3.63, 3.8) is 0 Å². The molecule has 0 aliphatic carbocycles. The number of aromatic nitrogens is 1. The van der Waals surface area contributed by atoms with E-state index < -0.39 is 5.82 Å². The molecule has 13 heavy (non-hydrogen) atoms. The zero-order chi connectivity index (χ0) is 9.26. The molecule has 0 bridgehead atoms. The van der Waals surface area contributed by atoms with Gasteiger partial charge in [0.25, 0.3) is 0 Å². The van der Waals surface area contributed by atoms with Crippen LogP contribution in [-0.2, 0) is 0 Å². The maximum absolute atomic E-state index is 13.0. The summed E-state index contributed by atoms with van der Waals surface area (Å²) in [5.41, 5.74) is 6.12. The first-order chi connectivity index (χ1) is 6.27. The highest BCUT2D eigenvalue weighted by atomic mass is 19.1. The molecule has 2 N–H and O–H groups in total. The molecule has 0 spiro atoms. The molecule has 1 aromatic rings. The van der Waals surface area contributed by atoms with Gasteiger partial charge in [0.2, 0.25) is 0 Å². The Hall–Kier alpha value is -1.32. The Balaban J connectivity index is 2.25. The van der Waals surface area contributed by atoms with Crippen molar-refractivity contribution in [3.05, 3.63) is 18.1 Å². The molecule has 3 nitrogen and oxygen atoms in total. The van der Waals surface area contributed by atoms with Gasteiger partial charge in [-0.15, -0.1) is 0 Å². The van der Waals surface area contributed by atoms with Gasteiger partial charge in [-0.2, -0.15) is 0 Å². The first-order valence-corrected chi connectivity index (χ1v) is 4.43. The van der Waals surface area contributed by atoms with E-state index in [0.717, 1.165) is 18.8 Å². The van der Waals surface area contributed by atoms with Crippen molar-refractivity contribution in [3.8, 4) is 0 Å². The van der Waals surface area contributed by atoms with Gasteiger partial charge in [-0.05, 0) is 12.8 Å².